The Hall–Kier alpha value is -2.66. The zero-order valence-corrected chi connectivity index (χ0v) is 16.3. The highest BCUT2D eigenvalue weighted by Crippen LogP contribution is 2.56. The van der Waals surface area contributed by atoms with E-state index in [4.69, 9.17) is 0 Å². The number of hydrogen-bond donors (Lipinski definition) is 1. The first-order valence-electron chi connectivity index (χ1n) is 10.1. The molecule has 5 nitrogen and oxygen atoms in total. The molecule has 0 bridgehead atoms. The van der Waals surface area contributed by atoms with Crippen LogP contribution in [0.4, 0.5) is 11.4 Å². The fourth-order valence-corrected chi connectivity index (χ4v) is 5.60. The molecular formula is C23H25N3O2. The molecule has 0 aliphatic carbocycles. The van der Waals surface area contributed by atoms with Crippen molar-refractivity contribution in [2.24, 2.45) is 5.92 Å². The van der Waals surface area contributed by atoms with Gasteiger partial charge in [-0.3, -0.25) is 14.5 Å². The molecule has 0 radical (unpaired) electrons. The van der Waals surface area contributed by atoms with Gasteiger partial charge in [0.15, 0.2) is 0 Å². The fourth-order valence-electron chi connectivity index (χ4n) is 5.60. The lowest BCUT2D eigenvalue weighted by molar-refractivity contribution is -0.136. The number of carbonyl (C=O) groups is 2. The minimum atomic E-state index is -0.876. The van der Waals surface area contributed by atoms with E-state index in [2.05, 4.69) is 10.2 Å². The van der Waals surface area contributed by atoms with Gasteiger partial charge in [0.05, 0.1) is 5.92 Å². The molecule has 3 unspecified atom stereocenters. The van der Waals surface area contributed by atoms with Crippen LogP contribution in [0, 0.1) is 12.8 Å². The standard InChI is InChI=1S/C23H25N3O2/c1-15-8-3-5-11-19(15)24-21(27)18-14-16-9-7-13-26(16)23(18)17-10-4-6-12-20(17)25(2)22(23)28/h3-6,8,10-12,16,18H,7,9,13-14H2,1-2H3,(H,24,27). The summed E-state index contributed by atoms with van der Waals surface area (Å²) in [6, 6.07) is 16.0. The number of hydrogen-bond acceptors (Lipinski definition) is 3. The van der Waals surface area contributed by atoms with Crippen LogP contribution in [0.25, 0.3) is 0 Å². The summed E-state index contributed by atoms with van der Waals surface area (Å²) < 4.78 is 0. The van der Waals surface area contributed by atoms with E-state index in [0.717, 1.165) is 48.3 Å². The SMILES string of the molecule is Cc1ccccc1NC(=O)C1CC2CCCN2C12C(=O)N(C)c1ccccc12. The van der Waals surface area contributed by atoms with Gasteiger partial charge in [0.25, 0.3) is 5.91 Å². The van der Waals surface area contributed by atoms with Gasteiger partial charge in [-0.25, -0.2) is 0 Å². The summed E-state index contributed by atoms with van der Waals surface area (Å²) >= 11 is 0. The number of nitrogens with one attached hydrogen (secondary N) is 1. The molecule has 5 heteroatoms. The first kappa shape index (κ1) is 17.4. The van der Waals surface area contributed by atoms with Crippen molar-refractivity contribution >= 4 is 23.2 Å². The number of nitrogens with zero attached hydrogens (tertiary/aromatic N) is 2. The molecule has 2 saturated heterocycles. The van der Waals surface area contributed by atoms with E-state index in [1.807, 2.05) is 62.5 Å². The minimum absolute atomic E-state index is 0.0306. The molecule has 0 saturated carbocycles. The van der Waals surface area contributed by atoms with Crippen LogP contribution in [0.5, 0.6) is 0 Å². The van der Waals surface area contributed by atoms with Gasteiger partial charge in [0.1, 0.15) is 5.54 Å². The quantitative estimate of drug-likeness (QED) is 0.876. The van der Waals surface area contributed by atoms with E-state index >= 15 is 0 Å². The smallest absolute Gasteiger partial charge is 0.252 e. The average molecular weight is 375 g/mol. The van der Waals surface area contributed by atoms with Crippen LogP contribution in [0.15, 0.2) is 48.5 Å². The number of carbonyl (C=O) groups excluding carboxylic acids is 2. The number of para-hydroxylation sites is 2. The highest BCUT2D eigenvalue weighted by Gasteiger charge is 2.66. The summed E-state index contributed by atoms with van der Waals surface area (Å²) in [6.45, 7) is 2.86. The Morgan fingerprint density at radius 3 is 2.71 bits per heavy atom. The van der Waals surface area contributed by atoms with Crippen molar-refractivity contribution in [1.82, 2.24) is 4.90 Å². The van der Waals surface area contributed by atoms with Gasteiger partial charge in [-0.05, 0) is 50.4 Å². The van der Waals surface area contributed by atoms with E-state index in [9.17, 15) is 9.59 Å². The zero-order valence-electron chi connectivity index (χ0n) is 16.3. The molecule has 5 rings (SSSR count). The van der Waals surface area contributed by atoms with E-state index in [-0.39, 0.29) is 17.9 Å². The first-order chi connectivity index (χ1) is 13.5. The molecule has 1 spiro atoms. The van der Waals surface area contributed by atoms with Gasteiger partial charge < -0.3 is 10.2 Å². The second kappa shape index (κ2) is 6.17. The van der Waals surface area contributed by atoms with Crippen molar-refractivity contribution in [3.05, 3.63) is 59.7 Å². The number of likely N-dealkylation sites (N-methyl/N-ethyl adjacent to an activating group) is 1. The summed E-state index contributed by atoms with van der Waals surface area (Å²) in [4.78, 5) is 31.2. The monoisotopic (exact) mass is 375 g/mol. The molecule has 3 heterocycles. The van der Waals surface area contributed by atoms with Crippen molar-refractivity contribution < 1.29 is 9.59 Å². The first-order valence-corrected chi connectivity index (χ1v) is 10.1. The van der Waals surface area contributed by atoms with Crippen LogP contribution in [-0.4, -0.2) is 36.3 Å². The Bertz CT molecular complexity index is 972. The van der Waals surface area contributed by atoms with Gasteiger partial charge in [0, 0.05) is 30.0 Å². The molecule has 2 aromatic rings. The molecule has 144 valence electrons. The van der Waals surface area contributed by atoms with Gasteiger partial charge in [-0.1, -0.05) is 36.4 Å². The summed E-state index contributed by atoms with van der Waals surface area (Å²) in [7, 11) is 1.83. The number of benzene rings is 2. The van der Waals surface area contributed by atoms with Gasteiger partial charge in [0.2, 0.25) is 5.91 Å². The van der Waals surface area contributed by atoms with Crippen LogP contribution in [0.2, 0.25) is 0 Å². The molecular weight excluding hydrogens is 350 g/mol. The predicted octanol–water partition coefficient (Wildman–Crippen LogP) is 3.29. The molecule has 3 aliphatic rings. The van der Waals surface area contributed by atoms with Crippen LogP contribution in [-0.2, 0) is 15.1 Å². The van der Waals surface area contributed by atoms with Crippen LogP contribution >= 0.6 is 0 Å². The molecule has 3 aliphatic heterocycles. The molecule has 2 amide bonds. The van der Waals surface area contributed by atoms with E-state index in [0.29, 0.717) is 0 Å². The Kier molecular flexibility index (Phi) is 3.85. The van der Waals surface area contributed by atoms with Crippen molar-refractivity contribution in [1.29, 1.82) is 0 Å². The third-order valence-electron chi connectivity index (χ3n) is 6.87. The highest BCUT2D eigenvalue weighted by atomic mass is 16.2. The summed E-state index contributed by atoms with van der Waals surface area (Å²) in [5.74, 6) is -0.416. The number of aryl methyl sites for hydroxylation is 1. The van der Waals surface area contributed by atoms with Crippen molar-refractivity contribution in [2.45, 2.75) is 37.8 Å². The molecule has 2 aromatic carbocycles. The number of fused-ring (bicyclic) bond motifs is 4. The van der Waals surface area contributed by atoms with Crippen LogP contribution in [0.3, 0.4) is 0 Å². The Morgan fingerprint density at radius 1 is 1.14 bits per heavy atom. The predicted molar refractivity (Wildman–Crippen MR) is 109 cm³/mol. The van der Waals surface area contributed by atoms with Crippen LogP contribution < -0.4 is 10.2 Å². The van der Waals surface area contributed by atoms with E-state index < -0.39 is 11.5 Å². The van der Waals surface area contributed by atoms with Crippen molar-refractivity contribution in [3.63, 3.8) is 0 Å². The van der Waals surface area contributed by atoms with Crippen molar-refractivity contribution in [2.75, 3.05) is 23.8 Å². The van der Waals surface area contributed by atoms with Gasteiger partial charge >= 0.3 is 0 Å². The molecule has 2 fully saturated rings. The normalized spacial score (nSPS) is 28.6. The van der Waals surface area contributed by atoms with Gasteiger partial charge in [-0.15, -0.1) is 0 Å². The third kappa shape index (κ3) is 2.17. The second-order valence-electron chi connectivity index (χ2n) is 8.23. The van der Waals surface area contributed by atoms with Crippen molar-refractivity contribution in [3.8, 4) is 0 Å². The largest absolute Gasteiger partial charge is 0.326 e. The topological polar surface area (TPSA) is 52.7 Å². The Balaban J connectivity index is 1.61. The second-order valence-corrected chi connectivity index (χ2v) is 8.23. The average Bonchev–Trinajstić information content (AvgIpc) is 3.34. The maximum Gasteiger partial charge on any atom is 0.252 e. The fraction of sp³-hybridized carbons (Fsp3) is 0.391. The zero-order chi connectivity index (χ0) is 19.5. The van der Waals surface area contributed by atoms with E-state index in [1.165, 1.54) is 0 Å². The summed E-state index contributed by atoms with van der Waals surface area (Å²) in [5, 5.41) is 3.12. The third-order valence-corrected chi connectivity index (χ3v) is 6.87. The maximum absolute atomic E-state index is 13.7. The highest BCUT2D eigenvalue weighted by molar-refractivity contribution is 6.11. The summed E-state index contributed by atoms with van der Waals surface area (Å²) in [6.07, 6.45) is 2.86. The summed E-state index contributed by atoms with van der Waals surface area (Å²) in [5.41, 5.74) is 2.88. The Morgan fingerprint density at radius 2 is 1.89 bits per heavy atom. The molecule has 0 aromatic heterocycles. The number of rotatable bonds is 2. The minimum Gasteiger partial charge on any atom is -0.326 e. The molecule has 3 atom stereocenters. The number of anilines is 2. The Labute approximate surface area is 165 Å². The lowest BCUT2D eigenvalue weighted by Gasteiger charge is -2.37. The van der Waals surface area contributed by atoms with Crippen LogP contribution in [0.1, 0.15) is 30.4 Å². The molecule has 28 heavy (non-hydrogen) atoms. The molecule has 1 N–H and O–H groups in total. The lowest BCUT2D eigenvalue weighted by Crippen LogP contribution is -2.55. The maximum atomic E-state index is 13.7. The number of amides is 2. The van der Waals surface area contributed by atoms with Gasteiger partial charge in [-0.2, -0.15) is 0 Å². The lowest BCUT2D eigenvalue weighted by atomic mass is 9.78. The van der Waals surface area contributed by atoms with E-state index in [1.54, 1.807) is 4.90 Å².